The van der Waals surface area contributed by atoms with Gasteiger partial charge in [-0.1, -0.05) is 11.6 Å². The van der Waals surface area contributed by atoms with Gasteiger partial charge in [0.15, 0.2) is 11.5 Å². The first-order chi connectivity index (χ1) is 7.99. The van der Waals surface area contributed by atoms with E-state index in [4.69, 9.17) is 26.8 Å². The van der Waals surface area contributed by atoms with E-state index in [1.807, 2.05) is 0 Å². The minimum absolute atomic E-state index is 0.235. The molecule has 0 fully saturated rings. The van der Waals surface area contributed by atoms with E-state index in [0.29, 0.717) is 17.0 Å². The summed E-state index contributed by atoms with van der Waals surface area (Å²) in [6.07, 6.45) is 0. The summed E-state index contributed by atoms with van der Waals surface area (Å²) in [6, 6.07) is 3.05. The average Bonchev–Trinajstić information content (AvgIpc) is 2.29. The number of anilines is 1. The molecule has 5 nitrogen and oxygen atoms in total. The maximum absolute atomic E-state index is 10.9. The molecule has 1 aromatic carbocycles. The van der Waals surface area contributed by atoms with Gasteiger partial charge in [-0.05, 0) is 6.07 Å². The molecule has 2 N–H and O–H groups in total. The van der Waals surface area contributed by atoms with Gasteiger partial charge in [0.25, 0.3) is 0 Å². The molecule has 0 unspecified atom stereocenters. The van der Waals surface area contributed by atoms with Crippen molar-refractivity contribution in [3.8, 4) is 11.5 Å². The minimum Gasteiger partial charge on any atom is -0.493 e. The number of halogens is 1. The van der Waals surface area contributed by atoms with Gasteiger partial charge < -0.3 is 15.2 Å². The van der Waals surface area contributed by atoms with Gasteiger partial charge in [-0.15, -0.1) is 0 Å². The summed E-state index contributed by atoms with van der Waals surface area (Å²) in [6.45, 7) is 1.30. The minimum atomic E-state index is -0.455. The number of methoxy groups -OCH3 is 1. The largest absolute Gasteiger partial charge is 0.493 e. The molecule has 1 aromatic rings. The third kappa shape index (κ3) is 3.10. The number of nitrogens with two attached hydrogens (primary N) is 1. The van der Waals surface area contributed by atoms with Gasteiger partial charge in [0.05, 0.1) is 7.11 Å². The van der Waals surface area contributed by atoms with Gasteiger partial charge >= 0.3 is 5.97 Å². The molecule has 0 aliphatic heterocycles. The standard InChI is InChI=1S/C11H13ClN2O3/c1-6(15)17-10-4-7(11(12)14-2)8(13)5-9(10)16-3/h4-5H,13H2,1-3H3. The Hall–Kier alpha value is -1.75. The Bertz CT molecular complexity index is 472. The first-order valence-electron chi connectivity index (χ1n) is 4.78. The number of rotatable bonds is 3. The van der Waals surface area contributed by atoms with E-state index >= 15 is 0 Å². The molecule has 0 spiro atoms. The Morgan fingerprint density at radius 2 is 2.06 bits per heavy atom. The van der Waals surface area contributed by atoms with E-state index in [9.17, 15) is 4.79 Å². The van der Waals surface area contributed by atoms with Crippen molar-refractivity contribution in [2.45, 2.75) is 6.92 Å². The van der Waals surface area contributed by atoms with Crippen molar-refractivity contribution < 1.29 is 14.3 Å². The molecular weight excluding hydrogens is 244 g/mol. The number of esters is 1. The highest BCUT2D eigenvalue weighted by Crippen LogP contribution is 2.33. The second-order valence-electron chi connectivity index (χ2n) is 3.20. The Morgan fingerprint density at radius 3 is 2.53 bits per heavy atom. The van der Waals surface area contributed by atoms with E-state index in [2.05, 4.69) is 4.99 Å². The van der Waals surface area contributed by atoms with E-state index in [-0.39, 0.29) is 10.9 Å². The highest BCUT2D eigenvalue weighted by molar-refractivity contribution is 6.70. The molecule has 0 aliphatic rings. The molecule has 0 saturated carbocycles. The van der Waals surface area contributed by atoms with Gasteiger partial charge in [-0.3, -0.25) is 9.79 Å². The third-order valence-corrected chi connectivity index (χ3v) is 2.38. The van der Waals surface area contributed by atoms with Crippen molar-refractivity contribution in [1.29, 1.82) is 0 Å². The molecule has 0 radical (unpaired) electrons. The predicted octanol–water partition coefficient (Wildman–Crippen LogP) is 1.82. The number of aliphatic imine (C=N–C) groups is 1. The third-order valence-electron chi connectivity index (χ3n) is 2.01. The van der Waals surface area contributed by atoms with Gasteiger partial charge in [0.2, 0.25) is 0 Å². The maximum atomic E-state index is 10.9. The molecule has 0 amide bonds. The van der Waals surface area contributed by atoms with Crippen LogP contribution in [0.4, 0.5) is 5.69 Å². The van der Waals surface area contributed by atoms with Crippen LogP contribution < -0.4 is 15.2 Å². The summed E-state index contributed by atoms with van der Waals surface area (Å²) in [4.78, 5) is 14.8. The lowest BCUT2D eigenvalue weighted by molar-refractivity contribution is -0.132. The number of carbonyl (C=O) groups excluding carboxylic acids is 1. The molecule has 0 aliphatic carbocycles. The van der Waals surface area contributed by atoms with Crippen LogP contribution >= 0.6 is 11.6 Å². The molecule has 1 rings (SSSR count). The first-order valence-corrected chi connectivity index (χ1v) is 5.16. The zero-order chi connectivity index (χ0) is 13.0. The molecule has 0 heterocycles. The van der Waals surface area contributed by atoms with Gasteiger partial charge in [-0.2, -0.15) is 0 Å². The molecule has 0 aromatic heterocycles. The molecule has 92 valence electrons. The van der Waals surface area contributed by atoms with Crippen molar-refractivity contribution in [2.75, 3.05) is 19.9 Å². The summed E-state index contributed by atoms with van der Waals surface area (Å²) < 4.78 is 10.0. The fourth-order valence-electron chi connectivity index (χ4n) is 1.27. The smallest absolute Gasteiger partial charge is 0.308 e. The fourth-order valence-corrected chi connectivity index (χ4v) is 1.43. The van der Waals surface area contributed by atoms with Crippen LogP contribution in [0.25, 0.3) is 0 Å². The number of hydrogen-bond acceptors (Lipinski definition) is 5. The van der Waals surface area contributed by atoms with Gasteiger partial charge in [-0.25, -0.2) is 0 Å². The number of ether oxygens (including phenoxy) is 2. The van der Waals surface area contributed by atoms with Crippen molar-refractivity contribution in [1.82, 2.24) is 0 Å². The molecule has 6 heteroatoms. The predicted molar refractivity (Wildman–Crippen MR) is 67.0 cm³/mol. The molecule has 0 bridgehead atoms. The molecular formula is C11H13ClN2O3. The molecule has 0 saturated heterocycles. The SMILES string of the molecule is CN=C(Cl)c1cc(OC(C)=O)c(OC)cc1N. The second kappa shape index (κ2) is 5.54. The zero-order valence-electron chi connectivity index (χ0n) is 9.78. The van der Waals surface area contributed by atoms with Crippen LogP contribution in [0.2, 0.25) is 0 Å². The van der Waals surface area contributed by atoms with Crippen LogP contribution in [0.15, 0.2) is 17.1 Å². The van der Waals surface area contributed by atoms with Crippen molar-refractivity contribution in [3.63, 3.8) is 0 Å². The number of carbonyl (C=O) groups is 1. The van der Waals surface area contributed by atoms with Crippen molar-refractivity contribution in [3.05, 3.63) is 17.7 Å². The average molecular weight is 257 g/mol. The second-order valence-corrected chi connectivity index (χ2v) is 3.56. The number of nitrogens with zero attached hydrogens (tertiary/aromatic N) is 1. The summed E-state index contributed by atoms with van der Waals surface area (Å²) in [5.41, 5.74) is 6.68. The summed E-state index contributed by atoms with van der Waals surface area (Å²) in [5.74, 6) is 0.164. The highest BCUT2D eigenvalue weighted by atomic mass is 35.5. The van der Waals surface area contributed by atoms with E-state index in [0.717, 1.165) is 0 Å². The van der Waals surface area contributed by atoms with Crippen LogP contribution in [0.1, 0.15) is 12.5 Å². The van der Waals surface area contributed by atoms with E-state index < -0.39 is 5.97 Å². The molecule has 17 heavy (non-hydrogen) atoms. The van der Waals surface area contributed by atoms with Gasteiger partial charge in [0.1, 0.15) is 5.17 Å². The number of hydrogen-bond donors (Lipinski definition) is 1. The van der Waals surface area contributed by atoms with Crippen molar-refractivity contribution in [2.24, 2.45) is 4.99 Å². The Balaban J connectivity index is 3.32. The van der Waals surface area contributed by atoms with Crippen molar-refractivity contribution >= 4 is 28.4 Å². The summed E-state index contributed by atoms with van der Waals surface area (Å²) in [5, 5.41) is 0.235. The van der Waals surface area contributed by atoms with E-state index in [1.54, 1.807) is 0 Å². The lowest BCUT2D eigenvalue weighted by Crippen LogP contribution is -2.06. The quantitative estimate of drug-likeness (QED) is 0.387. The zero-order valence-corrected chi connectivity index (χ0v) is 10.5. The monoisotopic (exact) mass is 256 g/mol. The lowest BCUT2D eigenvalue weighted by Gasteiger charge is -2.11. The number of benzene rings is 1. The topological polar surface area (TPSA) is 73.9 Å². The van der Waals surface area contributed by atoms with Gasteiger partial charge in [0, 0.05) is 31.3 Å². The highest BCUT2D eigenvalue weighted by Gasteiger charge is 2.14. The van der Waals surface area contributed by atoms with Crippen LogP contribution in [-0.2, 0) is 4.79 Å². The summed E-state index contributed by atoms with van der Waals surface area (Å²) in [7, 11) is 2.99. The molecule has 0 atom stereocenters. The first kappa shape index (κ1) is 13.3. The normalized spacial score (nSPS) is 11.2. The van der Waals surface area contributed by atoms with Crippen LogP contribution in [0.5, 0.6) is 11.5 Å². The fraction of sp³-hybridized carbons (Fsp3) is 0.273. The Morgan fingerprint density at radius 1 is 1.41 bits per heavy atom. The van der Waals surface area contributed by atoms with Crippen LogP contribution in [-0.4, -0.2) is 25.3 Å². The maximum Gasteiger partial charge on any atom is 0.308 e. The summed E-state index contributed by atoms with van der Waals surface area (Å²) >= 11 is 5.89. The Kier molecular flexibility index (Phi) is 4.34. The van der Waals surface area contributed by atoms with Crippen LogP contribution in [0, 0.1) is 0 Å². The van der Waals surface area contributed by atoms with E-state index in [1.165, 1.54) is 33.2 Å². The number of nitrogen functional groups attached to an aromatic ring is 1. The Labute approximate surface area is 104 Å². The lowest BCUT2D eigenvalue weighted by atomic mass is 10.1. The van der Waals surface area contributed by atoms with Crippen LogP contribution in [0.3, 0.4) is 0 Å².